The molecular formula is C14H12OS2. The summed E-state index contributed by atoms with van der Waals surface area (Å²) in [6, 6.07) is 12.3. The SMILES string of the molecule is Cc1cccc(C(O)c2cc3sccc3s2)c1. The number of aliphatic hydroxyl groups is 1. The molecule has 3 aromatic rings. The van der Waals surface area contributed by atoms with E-state index in [1.807, 2.05) is 31.2 Å². The number of aliphatic hydroxyl groups excluding tert-OH is 1. The van der Waals surface area contributed by atoms with Gasteiger partial charge < -0.3 is 5.11 Å². The van der Waals surface area contributed by atoms with Gasteiger partial charge in [0.05, 0.1) is 0 Å². The average Bonchev–Trinajstić information content (AvgIpc) is 2.88. The van der Waals surface area contributed by atoms with Gasteiger partial charge in [-0.2, -0.15) is 0 Å². The van der Waals surface area contributed by atoms with Crippen molar-refractivity contribution in [3.05, 3.63) is 57.8 Å². The lowest BCUT2D eigenvalue weighted by molar-refractivity contribution is 0.224. The van der Waals surface area contributed by atoms with Gasteiger partial charge in [0.1, 0.15) is 6.10 Å². The van der Waals surface area contributed by atoms with Crippen LogP contribution in [0, 0.1) is 6.92 Å². The minimum atomic E-state index is -0.500. The van der Waals surface area contributed by atoms with E-state index >= 15 is 0 Å². The normalized spacial score (nSPS) is 13.1. The summed E-state index contributed by atoms with van der Waals surface area (Å²) in [6.07, 6.45) is -0.500. The second kappa shape index (κ2) is 4.26. The molecule has 1 atom stereocenters. The number of hydrogen-bond acceptors (Lipinski definition) is 3. The Bertz CT molecular complexity index is 622. The van der Waals surface area contributed by atoms with E-state index in [1.165, 1.54) is 15.0 Å². The van der Waals surface area contributed by atoms with E-state index in [4.69, 9.17) is 0 Å². The Hall–Kier alpha value is -1.16. The van der Waals surface area contributed by atoms with E-state index in [9.17, 15) is 5.11 Å². The molecule has 0 aliphatic carbocycles. The fourth-order valence-electron chi connectivity index (χ4n) is 1.92. The quantitative estimate of drug-likeness (QED) is 0.726. The molecule has 1 unspecified atom stereocenters. The Morgan fingerprint density at radius 2 is 2.00 bits per heavy atom. The van der Waals surface area contributed by atoms with E-state index in [1.54, 1.807) is 22.7 Å². The highest BCUT2D eigenvalue weighted by molar-refractivity contribution is 7.26. The summed E-state index contributed by atoms with van der Waals surface area (Å²) in [7, 11) is 0. The van der Waals surface area contributed by atoms with Crippen LogP contribution >= 0.6 is 22.7 Å². The predicted octanol–water partition coefficient (Wildman–Crippen LogP) is 4.35. The topological polar surface area (TPSA) is 20.2 Å². The molecule has 0 bridgehead atoms. The van der Waals surface area contributed by atoms with Crippen LogP contribution < -0.4 is 0 Å². The molecule has 0 aliphatic rings. The molecule has 0 radical (unpaired) electrons. The average molecular weight is 260 g/mol. The van der Waals surface area contributed by atoms with Gasteiger partial charge in [0.2, 0.25) is 0 Å². The first-order valence-electron chi connectivity index (χ1n) is 5.45. The third-order valence-corrected chi connectivity index (χ3v) is 4.93. The van der Waals surface area contributed by atoms with Gasteiger partial charge in [-0.25, -0.2) is 0 Å². The van der Waals surface area contributed by atoms with Crippen molar-refractivity contribution >= 4 is 32.1 Å². The summed E-state index contributed by atoms with van der Waals surface area (Å²) in [4.78, 5) is 1.03. The van der Waals surface area contributed by atoms with Crippen molar-refractivity contribution in [3.8, 4) is 0 Å². The molecular weight excluding hydrogens is 248 g/mol. The Balaban J connectivity index is 2.01. The molecule has 0 spiro atoms. The fraction of sp³-hybridized carbons (Fsp3) is 0.143. The molecule has 3 heteroatoms. The van der Waals surface area contributed by atoms with Crippen molar-refractivity contribution < 1.29 is 5.11 Å². The Labute approximate surface area is 108 Å². The van der Waals surface area contributed by atoms with Crippen molar-refractivity contribution in [2.24, 2.45) is 0 Å². The molecule has 0 saturated carbocycles. The number of fused-ring (bicyclic) bond motifs is 1. The van der Waals surface area contributed by atoms with E-state index in [0.29, 0.717) is 0 Å². The second-order valence-electron chi connectivity index (χ2n) is 4.11. The Morgan fingerprint density at radius 3 is 2.76 bits per heavy atom. The largest absolute Gasteiger partial charge is 0.383 e. The third-order valence-electron chi connectivity index (χ3n) is 2.79. The zero-order valence-corrected chi connectivity index (χ0v) is 11.0. The minimum Gasteiger partial charge on any atom is -0.383 e. The third kappa shape index (κ3) is 2.02. The summed E-state index contributed by atoms with van der Waals surface area (Å²) >= 11 is 3.40. The van der Waals surface area contributed by atoms with Gasteiger partial charge in [0.15, 0.2) is 0 Å². The summed E-state index contributed by atoms with van der Waals surface area (Å²) in [6.45, 7) is 2.04. The molecule has 1 N–H and O–H groups in total. The first kappa shape index (κ1) is 11.0. The van der Waals surface area contributed by atoms with Crippen LogP contribution in [0.5, 0.6) is 0 Å². The van der Waals surface area contributed by atoms with Crippen molar-refractivity contribution in [2.75, 3.05) is 0 Å². The van der Waals surface area contributed by atoms with Crippen molar-refractivity contribution in [3.63, 3.8) is 0 Å². The molecule has 3 rings (SSSR count). The molecule has 1 aromatic carbocycles. The summed E-state index contributed by atoms with van der Waals surface area (Å²) in [5.74, 6) is 0. The molecule has 2 heterocycles. The van der Waals surface area contributed by atoms with Gasteiger partial charge in [-0.05, 0) is 30.0 Å². The van der Waals surface area contributed by atoms with Crippen LogP contribution in [0.2, 0.25) is 0 Å². The first-order valence-corrected chi connectivity index (χ1v) is 7.15. The zero-order valence-electron chi connectivity index (χ0n) is 9.38. The predicted molar refractivity (Wildman–Crippen MR) is 74.9 cm³/mol. The Morgan fingerprint density at radius 1 is 1.12 bits per heavy atom. The van der Waals surface area contributed by atoms with Crippen LogP contribution in [0.4, 0.5) is 0 Å². The lowest BCUT2D eigenvalue weighted by Gasteiger charge is -2.09. The molecule has 1 nitrogen and oxygen atoms in total. The number of hydrogen-bond donors (Lipinski definition) is 1. The van der Waals surface area contributed by atoms with Gasteiger partial charge in [0.25, 0.3) is 0 Å². The van der Waals surface area contributed by atoms with Crippen LogP contribution in [-0.4, -0.2) is 5.11 Å². The van der Waals surface area contributed by atoms with E-state index in [2.05, 4.69) is 17.5 Å². The molecule has 0 fully saturated rings. The highest BCUT2D eigenvalue weighted by atomic mass is 32.1. The standard InChI is InChI=1S/C14H12OS2/c1-9-3-2-4-10(7-9)14(15)13-8-12-11(17-13)5-6-16-12/h2-8,14-15H,1H3. The molecule has 0 amide bonds. The van der Waals surface area contributed by atoms with Crippen LogP contribution in [0.1, 0.15) is 22.1 Å². The van der Waals surface area contributed by atoms with Gasteiger partial charge in [-0.3, -0.25) is 0 Å². The van der Waals surface area contributed by atoms with Gasteiger partial charge in [-0.15, -0.1) is 22.7 Å². The number of thiophene rings is 2. The maximum absolute atomic E-state index is 10.4. The molecule has 0 saturated heterocycles. The monoisotopic (exact) mass is 260 g/mol. The maximum Gasteiger partial charge on any atom is 0.113 e. The Kier molecular flexibility index (Phi) is 2.74. The fourth-order valence-corrected chi connectivity index (χ4v) is 4.06. The van der Waals surface area contributed by atoms with E-state index < -0.39 is 6.10 Å². The number of aryl methyl sites for hydroxylation is 1. The number of rotatable bonds is 2. The lowest BCUT2D eigenvalue weighted by atomic mass is 10.1. The first-order chi connectivity index (χ1) is 8.24. The smallest absolute Gasteiger partial charge is 0.113 e. The van der Waals surface area contributed by atoms with Crippen LogP contribution in [0.15, 0.2) is 41.8 Å². The van der Waals surface area contributed by atoms with Crippen molar-refractivity contribution in [1.82, 2.24) is 0 Å². The highest BCUT2D eigenvalue weighted by Gasteiger charge is 2.14. The minimum absolute atomic E-state index is 0.500. The molecule has 0 aliphatic heterocycles. The summed E-state index contributed by atoms with van der Waals surface area (Å²) < 4.78 is 2.52. The lowest BCUT2D eigenvalue weighted by Crippen LogP contribution is -1.96. The summed E-state index contributed by atoms with van der Waals surface area (Å²) in [5, 5.41) is 12.4. The second-order valence-corrected chi connectivity index (χ2v) is 6.18. The van der Waals surface area contributed by atoms with Gasteiger partial charge in [-0.1, -0.05) is 29.8 Å². The van der Waals surface area contributed by atoms with Gasteiger partial charge >= 0.3 is 0 Å². The van der Waals surface area contributed by atoms with Crippen molar-refractivity contribution in [1.29, 1.82) is 0 Å². The van der Waals surface area contributed by atoms with Crippen LogP contribution in [0.3, 0.4) is 0 Å². The van der Waals surface area contributed by atoms with E-state index in [0.717, 1.165) is 10.4 Å². The maximum atomic E-state index is 10.4. The van der Waals surface area contributed by atoms with Gasteiger partial charge in [0, 0.05) is 14.3 Å². The van der Waals surface area contributed by atoms with E-state index in [-0.39, 0.29) is 0 Å². The van der Waals surface area contributed by atoms with Crippen molar-refractivity contribution in [2.45, 2.75) is 13.0 Å². The number of benzene rings is 1. The van der Waals surface area contributed by atoms with Crippen LogP contribution in [0.25, 0.3) is 9.40 Å². The zero-order chi connectivity index (χ0) is 11.8. The molecule has 2 aromatic heterocycles. The highest BCUT2D eigenvalue weighted by Crippen LogP contribution is 2.35. The van der Waals surface area contributed by atoms with Crippen LogP contribution in [-0.2, 0) is 0 Å². The molecule has 17 heavy (non-hydrogen) atoms. The summed E-state index contributed by atoms with van der Waals surface area (Å²) in [5.41, 5.74) is 2.15. The molecule has 86 valence electrons.